The van der Waals surface area contributed by atoms with E-state index in [0.717, 1.165) is 5.69 Å². The number of aromatic hydroxyl groups is 1. The quantitative estimate of drug-likeness (QED) is 0.776. The molecule has 2 aromatic rings. The van der Waals surface area contributed by atoms with Gasteiger partial charge in [-0.2, -0.15) is 0 Å². The Kier molecular flexibility index (Phi) is 3.22. The molecule has 0 bridgehead atoms. The van der Waals surface area contributed by atoms with Gasteiger partial charge in [0.2, 0.25) is 0 Å². The summed E-state index contributed by atoms with van der Waals surface area (Å²) in [7, 11) is 0. The molecule has 82 valence electrons. The standard InChI is InChI=1S/C12H9Cl2NO/c13-8-5-6-12(16)11(7-8)15-10-4-2-1-3-9(10)14/h1-7,15-16H. The molecule has 2 aromatic carbocycles. The van der Waals surface area contributed by atoms with Crippen LogP contribution in [0, 0.1) is 0 Å². The molecule has 0 aliphatic heterocycles. The Bertz CT molecular complexity index is 514. The van der Waals surface area contributed by atoms with Crippen molar-refractivity contribution in [1.29, 1.82) is 0 Å². The van der Waals surface area contributed by atoms with E-state index >= 15 is 0 Å². The SMILES string of the molecule is Oc1ccc(Cl)cc1Nc1ccccc1Cl. The Morgan fingerprint density at radius 2 is 1.69 bits per heavy atom. The molecule has 0 heterocycles. The molecule has 0 amide bonds. The van der Waals surface area contributed by atoms with E-state index in [1.165, 1.54) is 6.07 Å². The number of para-hydroxylation sites is 1. The van der Waals surface area contributed by atoms with E-state index < -0.39 is 0 Å². The fraction of sp³-hybridized carbons (Fsp3) is 0. The molecule has 2 rings (SSSR count). The van der Waals surface area contributed by atoms with Crippen LogP contribution in [0.15, 0.2) is 42.5 Å². The van der Waals surface area contributed by atoms with E-state index in [2.05, 4.69) is 5.32 Å². The monoisotopic (exact) mass is 253 g/mol. The van der Waals surface area contributed by atoms with E-state index in [9.17, 15) is 5.11 Å². The molecule has 4 heteroatoms. The maximum absolute atomic E-state index is 9.62. The molecule has 0 fully saturated rings. The van der Waals surface area contributed by atoms with Gasteiger partial charge in [-0.1, -0.05) is 35.3 Å². The maximum Gasteiger partial charge on any atom is 0.139 e. The summed E-state index contributed by atoms with van der Waals surface area (Å²) in [5.41, 5.74) is 1.25. The minimum absolute atomic E-state index is 0.129. The number of rotatable bonds is 2. The van der Waals surface area contributed by atoms with Crippen LogP contribution in [0.4, 0.5) is 11.4 Å². The maximum atomic E-state index is 9.62. The van der Waals surface area contributed by atoms with Crippen LogP contribution >= 0.6 is 23.2 Å². The van der Waals surface area contributed by atoms with Crippen molar-refractivity contribution in [3.63, 3.8) is 0 Å². The van der Waals surface area contributed by atoms with Crippen LogP contribution in [0.2, 0.25) is 10.0 Å². The fourth-order valence-corrected chi connectivity index (χ4v) is 1.67. The van der Waals surface area contributed by atoms with Gasteiger partial charge in [-0.25, -0.2) is 0 Å². The first-order chi connectivity index (χ1) is 7.66. The van der Waals surface area contributed by atoms with E-state index in [0.29, 0.717) is 15.7 Å². The van der Waals surface area contributed by atoms with Crippen molar-refractivity contribution in [1.82, 2.24) is 0 Å². The molecule has 0 aliphatic rings. The highest BCUT2D eigenvalue weighted by Gasteiger charge is 2.04. The number of benzene rings is 2. The number of hydrogen-bond donors (Lipinski definition) is 2. The summed E-state index contributed by atoms with van der Waals surface area (Å²) in [5, 5.41) is 13.8. The smallest absolute Gasteiger partial charge is 0.139 e. The third-order valence-electron chi connectivity index (χ3n) is 2.10. The first-order valence-electron chi connectivity index (χ1n) is 4.67. The van der Waals surface area contributed by atoms with Crippen molar-refractivity contribution in [3.05, 3.63) is 52.5 Å². The number of nitrogens with one attached hydrogen (secondary N) is 1. The predicted molar refractivity (Wildman–Crippen MR) is 67.9 cm³/mol. The topological polar surface area (TPSA) is 32.3 Å². The molecular weight excluding hydrogens is 245 g/mol. The molecule has 0 aromatic heterocycles. The molecule has 0 aliphatic carbocycles. The fourth-order valence-electron chi connectivity index (χ4n) is 1.32. The van der Waals surface area contributed by atoms with Gasteiger partial charge in [0, 0.05) is 5.02 Å². The molecule has 2 N–H and O–H groups in total. The molecular formula is C12H9Cl2NO. The lowest BCUT2D eigenvalue weighted by molar-refractivity contribution is 0.478. The van der Waals surface area contributed by atoms with Crippen molar-refractivity contribution in [2.45, 2.75) is 0 Å². The van der Waals surface area contributed by atoms with Crippen LogP contribution in [-0.4, -0.2) is 5.11 Å². The van der Waals surface area contributed by atoms with Gasteiger partial charge < -0.3 is 10.4 Å². The number of anilines is 2. The number of hydrogen-bond acceptors (Lipinski definition) is 2. The summed E-state index contributed by atoms with van der Waals surface area (Å²) < 4.78 is 0. The third kappa shape index (κ3) is 2.40. The summed E-state index contributed by atoms with van der Waals surface area (Å²) in [6, 6.07) is 12.1. The van der Waals surface area contributed by atoms with Crippen LogP contribution in [0.3, 0.4) is 0 Å². The molecule has 0 saturated heterocycles. The Labute approximate surface area is 103 Å². The Balaban J connectivity index is 2.34. The van der Waals surface area contributed by atoms with Crippen LogP contribution in [0.25, 0.3) is 0 Å². The number of halogens is 2. The summed E-state index contributed by atoms with van der Waals surface area (Å²) in [6.45, 7) is 0. The van der Waals surface area contributed by atoms with Crippen LogP contribution in [-0.2, 0) is 0 Å². The van der Waals surface area contributed by atoms with E-state index in [-0.39, 0.29) is 5.75 Å². The highest BCUT2D eigenvalue weighted by molar-refractivity contribution is 6.33. The highest BCUT2D eigenvalue weighted by atomic mass is 35.5. The number of phenolic OH excluding ortho intramolecular Hbond substituents is 1. The average Bonchev–Trinajstić information content (AvgIpc) is 2.27. The zero-order valence-electron chi connectivity index (χ0n) is 8.24. The van der Waals surface area contributed by atoms with Crippen molar-refractivity contribution >= 4 is 34.6 Å². The summed E-state index contributed by atoms with van der Waals surface area (Å²) in [4.78, 5) is 0. The zero-order valence-corrected chi connectivity index (χ0v) is 9.76. The second-order valence-electron chi connectivity index (χ2n) is 3.27. The van der Waals surface area contributed by atoms with Gasteiger partial charge in [0.15, 0.2) is 0 Å². The van der Waals surface area contributed by atoms with E-state index in [4.69, 9.17) is 23.2 Å². The van der Waals surface area contributed by atoms with Gasteiger partial charge >= 0.3 is 0 Å². The van der Waals surface area contributed by atoms with Gasteiger partial charge in [-0.15, -0.1) is 0 Å². The van der Waals surface area contributed by atoms with E-state index in [1.807, 2.05) is 18.2 Å². The van der Waals surface area contributed by atoms with Gasteiger partial charge in [0.25, 0.3) is 0 Å². The first-order valence-corrected chi connectivity index (χ1v) is 5.42. The molecule has 2 nitrogen and oxygen atoms in total. The molecule has 0 atom stereocenters. The summed E-state index contributed by atoms with van der Waals surface area (Å²) >= 11 is 11.8. The van der Waals surface area contributed by atoms with Crippen molar-refractivity contribution in [2.24, 2.45) is 0 Å². The molecule has 0 spiro atoms. The lowest BCUT2D eigenvalue weighted by Crippen LogP contribution is -1.91. The largest absolute Gasteiger partial charge is 0.506 e. The van der Waals surface area contributed by atoms with Gasteiger partial charge in [0.05, 0.1) is 16.4 Å². The van der Waals surface area contributed by atoms with E-state index in [1.54, 1.807) is 18.2 Å². The first kappa shape index (κ1) is 11.1. The summed E-state index contributed by atoms with van der Waals surface area (Å²) in [6.07, 6.45) is 0. The third-order valence-corrected chi connectivity index (χ3v) is 2.67. The van der Waals surface area contributed by atoms with Crippen LogP contribution in [0.1, 0.15) is 0 Å². The highest BCUT2D eigenvalue weighted by Crippen LogP contribution is 2.32. The minimum atomic E-state index is 0.129. The van der Waals surface area contributed by atoms with Crippen molar-refractivity contribution < 1.29 is 5.11 Å². The van der Waals surface area contributed by atoms with Crippen LogP contribution in [0.5, 0.6) is 5.75 Å². The predicted octanol–water partition coefficient (Wildman–Crippen LogP) is 4.44. The van der Waals surface area contributed by atoms with Gasteiger partial charge in [-0.3, -0.25) is 0 Å². The molecule has 0 unspecified atom stereocenters. The van der Waals surface area contributed by atoms with Gasteiger partial charge in [-0.05, 0) is 30.3 Å². The normalized spacial score (nSPS) is 10.1. The molecule has 0 radical (unpaired) electrons. The Morgan fingerprint density at radius 1 is 0.938 bits per heavy atom. The van der Waals surface area contributed by atoms with Crippen molar-refractivity contribution in [3.8, 4) is 5.75 Å². The second kappa shape index (κ2) is 4.64. The lowest BCUT2D eigenvalue weighted by Gasteiger charge is -2.10. The average molecular weight is 254 g/mol. The number of phenols is 1. The second-order valence-corrected chi connectivity index (χ2v) is 4.11. The zero-order chi connectivity index (χ0) is 11.5. The minimum Gasteiger partial charge on any atom is -0.506 e. The molecule has 0 saturated carbocycles. The Hall–Kier alpha value is -1.38. The molecule has 16 heavy (non-hydrogen) atoms. The van der Waals surface area contributed by atoms with Gasteiger partial charge in [0.1, 0.15) is 5.75 Å². The van der Waals surface area contributed by atoms with Crippen LogP contribution < -0.4 is 5.32 Å². The lowest BCUT2D eigenvalue weighted by atomic mass is 10.2. The Morgan fingerprint density at radius 3 is 2.44 bits per heavy atom. The van der Waals surface area contributed by atoms with Crippen molar-refractivity contribution in [2.75, 3.05) is 5.32 Å². The summed E-state index contributed by atoms with van der Waals surface area (Å²) in [5.74, 6) is 0.129.